The first-order valence-corrected chi connectivity index (χ1v) is 1.19. The molecule has 0 aliphatic rings. The molecule has 0 aromatic heterocycles. The molecule has 6 nitrogen and oxygen atoms in total. The topological polar surface area (TPSA) is 138 Å². The summed E-state index contributed by atoms with van der Waals surface area (Å²) in [5, 5.41) is 0. The Morgan fingerprint density at radius 3 is 1.25 bits per heavy atom. The summed E-state index contributed by atoms with van der Waals surface area (Å²) < 4.78 is 0. The molecule has 2 amide bonds. The summed E-state index contributed by atoms with van der Waals surface area (Å²) in [5.74, 6) is 0. The van der Waals surface area contributed by atoms with E-state index in [9.17, 15) is 0 Å². The molecule has 48 valence electrons. The Labute approximate surface area is 45.4 Å². The van der Waals surface area contributed by atoms with Crippen molar-refractivity contribution in [2.75, 3.05) is 0 Å². The van der Waals surface area contributed by atoms with Gasteiger partial charge >= 0.3 is 12.2 Å². The summed E-state index contributed by atoms with van der Waals surface area (Å²) in [7, 11) is 0. The molecule has 0 fully saturated rings. The van der Waals surface area contributed by atoms with Gasteiger partial charge in [-0.2, -0.15) is 9.59 Å². The lowest BCUT2D eigenvalue weighted by Crippen LogP contribution is -2.18. The van der Waals surface area contributed by atoms with Gasteiger partial charge < -0.3 is 17.6 Å². The van der Waals surface area contributed by atoms with Crippen LogP contribution in [0.5, 0.6) is 0 Å². The van der Waals surface area contributed by atoms with E-state index in [0.717, 1.165) is 0 Å². The number of hydrogen-bond donors (Lipinski definition) is 3. The second-order valence-corrected chi connectivity index (χ2v) is 0.486. The van der Waals surface area contributed by atoms with Crippen LogP contribution in [-0.4, -0.2) is 12.2 Å². The summed E-state index contributed by atoms with van der Waals surface area (Å²) in [6.07, 6.45) is 0.250. The Kier molecular flexibility index (Phi) is 34.9. The first-order chi connectivity index (χ1) is 3.15. The molecule has 0 heterocycles. The van der Waals surface area contributed by atoms with Gasteiger partial charge in [0.15, 0.2) is 0 Å². The predicted molar refractivity (Wildman–Crippen MR) is 23.8 cm³/mol. The molecule has 0 rings (SSSR count). The lowest BCUT2D eigenvalue weighted by molar-refractivity contribution is -0.191. The van der Waals surface area contributed by atoms with Crippen LogP contribution in [0, 0.1) is 0 Å². The van der Waals surface area contributed by atoms with E-state index in [0.29, 0.717) is 0 Å². The molecule has 8 heavy (non-hydrogen) atoms. The lowest BCUT2D eigenvalue weighted by atomic mass is 11.2. The van der Waals surface area contributed by atoms with Crippen LogP contribution in [0.2, 0.25) is 0 Å². The second-order valence-electron chi connectivity index (χ2n) is 0.486. The van der Waals surface area contributed by atoms with Gasteiger partial charge in [0.05, 0.1) is 0 Å². The fourth-order valence-electron chi connectivity index (χ4n) is 0. The number of urea groups is 1. The van der Waals surface area contributed by atoms with E-state index in [1.807, 2.05) is 0 Å². The highest BCUT2D eigenvalue weighted by molar-refractivity contribution is 5.69. The van der Waals surface area contributed by atoms with E-state index in [-0.39, 0.29) is 12.3 Å². The van der Waals surface area contributed by atoms with Gasteiger partial charge in [-0.05, 0) is 0 Å². The van der Waals surface area contributed by atoms with Crippen molar-refractivity contribution >= 4 is 12.2 Å². The van der Waals surface area contributed by atoms with Crippen LogP contribution in [0.25, 0.3) is 0 Å². The number of carbonyl (C=O) groups is 1. The summed E-state index contributed by atoms with van der Waals surface area (Å²) in [6, 6.07) is -0.833. The number of nitrogens with two attached hydrogens (primary N) is 2. The second kappa shape index (κ2) is 17.5. The summed E-state index contributed by atoms with van der Waals surface area (Å²) >= 11 is 0. The molecule has 0 unspecified atom stereocenters. The molecule has 7 N–H and O–H groups in total. The van der Waals surface area contributed by atoms with Crippen LogP contribution in [0.1, 0.15) is 0 Å². The van der Waals surface area contributed by atoms with Gasteiger partial charge in [-0.1, -0.05) is 0 Å². The Hall–Kier alpha value is -1.39. The van der Waals surface area contributed by atoms with Crippen molar-refractivity contribution in [1.82, 2.24) is 6.15 Å². The number of carbonyl (C=O) groups excluding carboxylic acids is 3. The van der Waals surface area contributed by atoms with E-state index in [1.54, 1.807) is 0 Å². The molecule has 0 aromatic rings. The van der Waals surface area contributed by atoms with Crippen LogP contribution in [0.3, 0.4) is 0 Å². The van der Waals surface area contributed by atoms with Crippen molar-refractivity contribution in [1.29, 1.82) is 0 Å². The maximum absolute atomic E-state index is 9.00. The van der Waals surface area contributed by atoms with E-state index < -0.39 is 6.03 Å². The minimum absolute atomic E-state index is 0. The quantitative estimate of drug-likeness (QED) is 0.362. The van der Waals surface area contributed by atoms with Crippen LogP contribution < -0.4 is 17.6 Å². The molecule has 0 saturated heterocycles. The van der Waals surface area contributed by atoms with Gasteiger partial charge in [0, 0.05) is 0 Å². The molecule has 0 aliphatic carbocycles. The van der Waals surface area contributed by atoms with Gasteiger partial charge in [0.25, 0.3) is 0 Å². The third-order valence-electron chi connectivity index (χ3n) is 0. The summed E-state index contributed by atoms with van der Waals surface area (Å²) in [6.45, 7) is 0. The van der Waals surface area contributed by atoms with Crippen molar-refractivity contribution in [3.8, 4) is 0 Å². The zero-order chi connectivity index (χ0) is 6.28. The molecular formula is C2H7N3O3. The van der Waals surface area contributed by atoms with Gasteiger partial charge in [0.1, 0.15) is 0 Å². The van der Waals surface area contributed by atoms with E-state index in [1.165, 1.54) is 0 Å². The molecule has 0 atom stereocenters. The van der Waals surface area contributed by atoms with E-state index in [2.05, 4.69) is 11.5 Å². The van der Waals surface area contributed by atoms with Crippen LogP contribution in [0.4, 0.5) is 4.79 Å². The Balaban J connectivity index is -0.0000000575. The fraction of sp³-hybridized carbons (Fsp3) is 0. The average molecular weight is 121 g/mol. The zero-order valence-electron chi connectivity index (χ0n) is 4.09. The molecule has 0 aliphatic heterocycles. The van der Waals surface area contributed by atoms with Crippen LogP contribution in [0.15, 0.2) is 0 Å². The fourth-order valence-corrected chi connectivity index (χ4v) is 0. The molecule has 0 bridgehead atoms. The lowest BCUT2D eigenvalue weighted by Gasteiger charge is -1.62. The highest BCUT2D eigenvalue weighted by Crippen LogP contribution is 1.25. The highest BCUT2D eigenvalue weighted by Gasteiger charge is 1.60. The largest absolute Gasteiger partial charge is 0.373 e. The third kappa shape index (κ3) is 31.1. The molecule has 0 radical (unpaired) electrons. The molecule has 0 spiro atoms. The minimum Gasteiger partial charge on any atom is -0.352 e. The molecule has 0 saturated carbocycles. The van der Waals surface area contributed by atoms with Crippen molar-refractivity contribution in [3.63, 3.8) is 0 Å². The van der Waals surface area contributed by atoms with E-state index >= 15 is 0 Å². The number of primary amides is 2. The molecular weight excluding hydrogens is 114 g/mol. The Morgan fingerprint density at radius 1 is 1.25 bits per heavy atom. The first kappa shape index (κ1) is 16.0. The van der Waals surface area contributed by atoms with E-state index in [4.69, 9.17) is 14.4 Å². The third-order valence-corrected chi connectivity index (χ3v) is 0. The summed E-state index contributed by atoms with van der Waals surface area (Å²) in [4.78, 5) is 25.2. The maximum Gasteiger partial charge on any atom is 0.373 e. The predicted octanol–water partition coefficient (Wildman–Crippen LogP) is -1.40. The van der Waals surface area contributed by atoms with Gasteiger partial charge in [-0.3, -0.25) is 0 Å². The SMILES string of the molecule is N.NC(N)=O.O=C=O. The molecule has 0 aromatic carbocycles. The molecule has 6 heteroatoms. The highest BCUT2D eigenvalue weighted by atomic mass is 16.2. The summed E-state index contributed by atoms with van der Waals surface area (Å²) in [5.41, 5.74) is 8.50. The van der Waals surface area contributed by atoms with Crippen molar-refractivity contribution < 1.29 is 14.4 Å². The van der Waals surface area contributed by atoms with Crippen molar-refractivity contribution in [3.05, 3.63) is 0 Å². The Bertz CT molecular complexity index is 80.5. The minimum atomic E-state index is -0.833. The Morgan fingerprint density at radius 2 is 1.25 bits per heavy atom. The first-order valence-electron chi connectivity index (χ1n) is 1.19. The maximum atomic E-state index is 9.00. The van der Waals surface area contributed by atoms with Gasteiger partial charge in [-0.25, -0.2) is 4.79 Å². The monoisotopic (exact) mass is 121 g/mol. The van der Waals surface area contributed by atoms with Crippen molar-refractivity contribution in [2.45, 2.75) is 0 Å². The van der Waals surface area contributed by atoms with Gasteiger partial charge in [-0.15, -0.1) is 0 Å². The van der Waals surface area contributed by atoms with Crippen LogP contribution >= 0.6 is 0 Å². The number of hydrogen-bond acceptors (Lipinski definition) is 4. The van der Waals surface area contributed by atoms with Crippen LogP contribution in [-0.2, 0) is 9.59 Å². The average Bonchev–Trinajstić information content (AvgIpc) is 1.33. The number of rotatable bonds is 0. The zero-order valence-corrected chi connectivity index (χ0v) is 4.09. The van der Waals surface area contributed by atoms with Gasteiger partial charge in [0.2, 0.25) is 0 Å². The normalized spacial score (nSPS) is 4.00. The smallest absolute Gasteiger partial charge is 0.352 e. The standard InChI is InChI=1S/CH4N2O.CO2.H3N/c2-1(3)4;2-1-3;/h(H4,2,3,4);;1H3. The number of amides is 2. The van der Waals surface area contributed by atoms with Crippen molar-refractivity contribution in [2.24, 2.45) is 11.5 Å².